The van der Waals surface area contributed by atoms with Gasteiger partial charge in [-0.2, -0.15) is 0 Å². The maximum absolute atomic E-state index is 14.7. The highest BCUT2D eigenvalue weighted by molar-refractivity contribution is 6.06. The maximum atomic E-state index is 14.7. The average molecular weight is 481 g/mol. The number of aromatic nitrogens is 5. The van der Waals surface area contributed by atoms with Crippen LogP contribution in [0.3, 0.4) is 0 Å². The van der Waals surface area contributed by atoms with Gasteiger partial charge in [0.2, 0.25) is 0 Å². The predicted molar refractivity (Wildman–Crippen MR) is 137 cm³/mol. The van der Waals surface area contributed by atoms with E-state index in [4.69, 9.17) is 0 Å². The fraction of sp³-hybridized carbons (Fsp3) is 0.214. The van der Waals surface area contributed by atoms with Crippen LogP contribution in [0.15, 0.2) is 66.7 Å². The summed E-state index contributed by atoms with van der Waals surface area (Å²) < 4.78 is 18.9. The monoisotopic (exact) mass is 480 g/mol. The normalized spacial score (nSPS) is 13.4. The minimum Gasteiger partial charge on any atom is -0.319 e. The highest BCUT2D eigenvalue weighted by Gasteiger charge is 2.19. The quantitative estimate of drug-likeness (QED) is 0.357. The van der Waals surface area contributed by atoms with E-state index < -0.39 is 11.7 Å². The van der Waals surface area contributed by atoms with Crippen molar-refractivity contribution in [1.29, 1.82) is 0 Å². The standard InChI is InChI=1S/C28H25FN6O/c1-18-30-24-17-20(12-14-25(24)35(18)21-8-4-2-5-9-21)28(36)31-23-16-19(11-13-22(23)29)27-33-32-26-10-6-3-7-15-34(26)27/h2,4-5,8-9,11-14,16-17H,3,6-7,10,15H2,1H3,(H,31,36). The molecule has 8 heteroatoms. The van der Waals surface area contributed by atoms with Crippen LogP contribution in [0.1, 0.15) is 41.3 Å². The number of para-hydroxylation sites is 1. The summed E-state index contributed by atoms with van der Waals surface area (Å²) in [7, 11) is 0. The summed E-state index contributed by atoms with van der Waals surface area (Å²) in [5.41, 5.74) is 3.83. The first-order chi connectivity index (χ1) is 17.6. The molecule has 180 valence electrons. The second-order valence-corrected chi connectivity index (χ2v) is 9.08. The van der Waals surface area contributed by atoms with Crippen LogP contribution in [0, 0.1) is 12.7 Å². The number of fused-ring (bicyclic) bond motifs is 2. The van der Waals surface area contributed by atoms with Crippen LogP contribution >= 0.6 is 0 Å². The number of anilines is 1. The molecule has 0 spiro atoms. The lowest BCUT2D eigenvalue weighted by Crippen LogP contribution is -2.13. The van der Waals surface area contributed by atoms with Crippen LogP contribution in [0.5, 0.6) is 0 Å². The Kier molecular flexibility index (Phi) is 5.56. The van der Waals surface area contributed by atoms with Crippen LogP contribution in [0.2, 0.25) is 0 Å². The smallest absolute Gasteiger partial charge is 0.255 e. The van der Waals surface area contributed by atoms with Gasteiger partial charge < -0.3 is 9.88 Å². The Morgan fingerprint density at radius 1 is 0.972 bits per heavy atom. The van der Waals surface area contributed by atoms with E-state index in [1.54, 1.807) is 24.3 Å². The first kappa shape index (κ1) is 22.2. The average Bonchev–Trinajstić information content (AvgIpc) is 3.35. The molecule has 0 unspecified atom stereocenters. The summed E-state index contributed by atoms with van der Waals surface area (Å²) in [6.45, 7) is 2.77. The van der Waals surface area contributed by atoms with Crippen molar-refractivity contribution in [1.82, 2.24) is 24.3 Å². The fourth-order valence-electron chi connectivity index (χ4n) is 4.90. The minimum atomic E-state index is -0.506. The van der Waals surface area contributed by atoms with E-state index in [2.05, 4.69) is 25.1 Å². The van der Waals surface area contributed by atoms with Gasteiger partial charge in [0.15, 0.2) is 5.82 Å². The van der Waals surface area contributed by atoms with Gasteiger partial charge in [-0.25, -0.2) is 9.37 Å². The molecule has 0 bridgehead atoms. The van der Waals surface area contributed by atoms with Crippen molar-refractivity contribution in [2.75, 3.05) is 5.32 Å². The van der Waals surface area contributed by atoms with E-state index in [0.717, 1.165) is 60.6 Å². The third kappa shape index (κ3) is 3.94. The lowest BCUT2D eigenvalue weighted by Gasteiger charge is -2.11. The Hall–Kier alpha value is -4.33. The number of benzene rings is 3. The number of carbonyl (C=O) groups is 1. The van der Waals surface area contributed by atoms with Gasteiger partial charge in [0.05, 0.1) is 16.7 Å². The number of carbonyl (C=O) groups excluding carboxylic acids is 1. The number of rotatable bonds is 4. The molecule has 5 aromatic rings. The van der Waals surface area contributed by atoms with E-state index in [1.165, 1.54) is 6.07 Å². The van der Waals surface area contributed by atoms with Gasteiger partial charge in [-0.1, -0.05) is 24.6 Å². The Labute approximate surface area is 207 Å². The molecule has 0 saturated carbocycles. The second-order valence-electron chi connectivity index (χ2n) is 9.08. The minimum absolute atomic E-state index is 0.106. The lowest BCUT2D eigenvalue weighted by atomic mass is 10.1. The van der Waals surface area contributed by atoms with Crippen molar-refractivity contribution in [3.8, 4) is 17.1 Å². The molecule has 1 N–H and O–H groups in total. The summed E-state index contributed by atoms with van der Waals surface area (Å²) in [5, 5.41) is 11.4. The van der Waals surface area contributed by atoms with Crippen molar-refractivity contribution >= 4 is 22.6 Å². The molecule has 0 saturated heterocycles. The number of imidazole rings is 1. The van der Waals surface area contributed by atoms with Crippen molar-refractivity contribution in [3.05, 3.63) is 89.8 Å². The fourth-order valence-corrected chi connectivity index (χ4v) is 4.90. The first-order valence-corrected chi connectivity index (χ1v) is 12.2. The number of amides is 1. The van der Waals surface area contributed by atoms with Crippen molar-refractivity contribution in [2.24, 2.45) is 0 Å². The Morgan fingerprint density at radius 2 is 1.83 bits per heavy atom. The summed E-state index contributed by atoms with van der Waals surface area (Å²) in [6, 6.07) is 19.9. The molecule has 0 aliphatic carbocycles. The molecule has 1 aliphatic rings. The topological polar surface area (TPSA) is 77.6 Å². The number of nitrogens with one attached hydrogen (secondary N) is 1. The molecule has 1 amide bonds. The van der Waals surface area contributed by atoms with Gasteiger partial charge in [-0.3, -0.25) is 9.36 Å². The van der Waals surface area contributed by atoms with E-state index in [0.29, 0.717) is 16.9 Å². The van der Waals surface area contributed by atoms with Crippen LogP contribution in [-0.4, -0.2) is 30.2 Å². The van der Waals surface area contributed by atoms with Crippen molar-refractivity contribution in [2.45, 2.75) is 39.2 Å². The zero-order valence-electron chi connectivity index (χ0n) is 19.9. The Bertz CT molecular complexity index is 1590. The highest BCUT2D eigenvalue weighted by Crippen LogP contribution is 2.28. The van der Waals surface area contributed by atoms with Gasteiger partial charge >= 0.3 is 0 Å². The summed E-state index contributed by atoms with van der Waals surface area (Å²) in [5.74, 6) is 1.56. The summed E-state index contributed by atoms with van der Waals surface area (Å²) >= 11 is 0. The predicted octanol–water partition coefficient (Wildman–Crippen LogP) is 5.71. The molecule has 7 nitrogen and oxygen atoms in total. The Balaban J connectivity index is 1.30. The molecule has 0 atom stereocenters. The molecule has 36 heavy (non-hydrogen) atoms. The molecule has 0 radical (unpaired) electrons. The van der Waals surface area contributed by atoms with Gasteiger partial charge in [-0.15, -0.1) is 10.2 Å². The number of aryl methyl sites for hydroxylation is 2. The first-order valence-electron chi connectivity index (χ1n) is 12.2. The van der Waals surface area contributed by atoms with Crippen LogP contribution in [0.4, 0.5) is 10.1 Å². The van der Waals surface area contributed by atoms with Crippen molar-refractivity contribution < 1.29 is 9.18 Å². The van der Waals surface area contributed by atoms with E-state index in [9.17, 15) is 9.18 Å². The van der Waals surface area contributed by atoms with Crippen LogP contribution in [0.25, 0.3) is 28.1 Å². The summed E-state index contributed by atoms with van der Waals surface area (Å²) in [4.78, 5) is 17.7. The highest BCUT2D eigenvalue weighted by atomic mass is 19.1. The Morgan fingerprint density at radius 3 is 2.69 bits per heavy atom. The zero-order valence-corrected chi connectivity index (χ0v) is 19.9. The molecular weight excluding hydrogens is 455 g/mol. The molecule has 3 heterocycles. The third-order valence-corrected chi connectivity index (χ3v) is 6.68. The molecular formula is C28H25FN6O. The van der Waals surface area contributed by atoms with Gasteiger partial charge in [0.25, 0.3) is 5.91 Å². The third-order valence-electron chi connectivity index (χ3n) is 6.68. The second kappa shape index (κ2) is 9.03. The molecule has 6 rings (SSSR count). The maximum Gasteiger partial charge on any atom is 0.255 e. The molecule has 3 aromatic carbocycles. The zero-order chi connectivity index (χ0) is 24.6. The van der Waals surface area contributed by atoms with Crippen molar-refractivity contribution in [3.63, 3.8) is 0 Å². The molecule has 0 fully saturated rings. The number of nitrogens with zero attached hydrogens (tertiary/aromatic N) is 5. The van der Waals surface area contributed by atoms with E-state index in [1.807, 2.05) is 47.9 Å². The van der Waals surface area contributed by atoms with Gasteiger partial charge in [0.1, 0.15) is 17.5 Å². The van der Waals surface area contributed by atoms with Gasteiger partial charge in [-0.05, 0) is 68.3 Å². The number of hydrogen-bond donors (Lipinski definition) is 1. The largest absolute Gasteiger partial charge is 0.319 e. The molecule has 1 aliphatic heterocycles. The SMILES string of the molecule is Cc1nc2cc(C(=O)Nc3cc(-c4nnc5n4CCCCC5)ccc3F)ccc2n1-c1ccccc1. The van der Waals surface area contributed by atoms with E-state index in [-0.39, 0.29) is 5.69 Å². The number of halogens is 1. The van der Waals surface area contributed by atoms with Crippen LogP contribution < -0.4 is 5.32 Å². The van der Waals surface area contributed by atoms with Crippen LogP contribution in [-0.2, 0) is 13.0 Å². The molecule has 2 aromatic heterocycles. The van der Waals surface area contributed by atoms with E-state index >= 15 is 0 Å². The van der Waals surface area contributed by atoms with Gasteiger partial charge in [0, 0.05) is 29.8 Å². The lowest BCUT2D eigenvalue weighted by molar-refractivity contribution is 0.102. The summed E-state index contributed by atoms with van der Waals surface area (Å²) in [6.07, 6.45) is 4.20. The number of hydrogen-bond acceptors (Lipinski definition) is 4.